The lowest BCUT2D eigenvalue weighted by Crippen LogP contribution is -2.09. The minimum Gasteiger partial charge on any atom is -0.490 e. The minimum atomic E-state index is 0.350. The summed E-state index contributed by atoms with van der Waals surface area (Å²) in [5, 5.41) is 11.9. The number of fused-ring (bicyclic) bond motifs is 1. The molecule has 0 saturated heterocycles. The van der Waals surface area contributed by atoms with Crippen molar-refractivity contribution in [2.75, 3.05) is 13.2 Å². The molecule has 4 heteroatoms. The van der Waals surface area contributed by atoms with Crippen molar-refractivity contribution in [3.8, 4) is 17.6 Å². The van der Waals surface area contributed by atoms with Crippen LogP contribution < -0.4 is 9.47 Å². The Kier molecular flexibility index (Phi) is 4.65. The van der Waals surface area contributed by atoms with Gasteiger partial charge in [-0.3, -0.25) is 0 Å². The molecule has 3 aromatic rings. The first kappa shape index (κ1) is 15.2. The van der Waals surface area contributed by atoms with Crippen molar-refractivity contribution >= 4 is 22.4 Å². The quantitative estimate of drug-likeness (QED) is 0.632. The second kappa shape index (κ2) is 7.04. The van der Waals surface area contributed by atoms with Gasteiger partial charge in [0.1, 0.15) is 30.8 Å². The molecule has 0 aromatic heterocycles. The Hall–Kier alpha value is -2.70. The highest BCUT2D eigenvalue weighted by Gasteiger charge is 2.04. The van der Waals surface area contributed by atoms with E-state index in [0.717, 1.165) is 11.1 Å². The molecule has 0 atom stereocenters. The van der Waals surface area contributed by atoms with Crippen molar-refractivity contribution in [3.05, 3.63) is 71.2 Å². The van der Waals surface area contributed by atoms with Gasteiger partial charge in [-0.1, -0.05) is 41.9 Å². The summed E-state index contributed by atoms with van der Waals surface area (Å²) in [5.41, 5.74) is 0.420. The molecule has 0 radical (unpaired) electrons. The normalized spacial score (nSPS) is 10.3. The molecule has 0 spiro atoms. The summed E-state index contributed by atoms with van der Waals surface area (Å²) in [4.78, 5) is 0. The molecule has 23 heavy (non-hydrogen) atoms. The number of halogens is 1. The molecule has 0 unspecified atom stereocenters. The van der Waals surface area contributed by atoms with Gasteiger partial charge in [0.2, 0.25) is 0 Å². The molecule has 0 aliphatic rings. The zero-order chi connectivity index (χ0) is 16.1. The number of nitrogens with zero attached hydrogens (tertiary/aromatic N) is 1. The van der Waals surface area contributed by atoms with Gasteiger partial charge in [0.05, 0.1) is 5.56 Å². The summed E-state index contributed by atoms with van der Waals surface area (Å²) in [6, 6.07) is 21.1. The number of rotatable bonds is 5. The third kappa shape index (κ3) is 3.74. The summed E-state index contributed by atoms with van der Waals surface area (Å²) in [6.07, 6.45) is 0. The fourth-order valence-corrected chi connectivity index (χ4v) is 2.46. The van der Waals surface area contributed by atoms with E-state index in [0.29, 0.717) is 29.5 Å². The van der Waals surface area contributed by atoms with Crippen LogP contribution >= 0.6 is 11.6 Å². The Morgan fingerprint density at radius 3 is 2.48 bits per heavy atom. The molecule has 0 heterocycles. The first-order chi connectivity index (χ1) is 11.3. The van der Waals surface area contributed by atoms with E-state index in [9.17, 15) is 0 Å². The monoisotopic (exact) mass is 323 g/mol. The summed E-state index contributed by atoms with van der Waals surface area (Å²) < 4.78 is 11.3. The topological polar surface area (TPSA) is 42.2 Å². The average molecular weight is 324 g/mol. The molecular weight excluding hydrogens is 310 g/mol. The molecule has 0 bridgehead atoms. The van der Waals surface area contributed by atoms with Crippen molar-refractivity contribution in [2.45, 2.75) is 0 Å². The Balaban J connectivity index is 1.58. The summed E-state index contributed by atoms with van der Waals surface area (Å²) in [6.45, 7) is 0.745. The maximum Gasteiger partial charge on any atom is 0.137 e. The van der Waals surface area contributed by atoms with Crippen LogP contribution in [-0.2, 0) is 0 Å². The maximum atomic E-state index is 9.06. The molecule has 3 aromatic carbocycles. The molecule has 0 saturated carbocycles. The molecule has 0 aliphatic heterocycles. The molecule has 0 fully saturated rings. The van der Waals surface area contributed by atoms with E-state index < -0.39 is 0 Å². The van der Waals surface area contributed by atoms with Crippen LogP contribution in [0.1, 0.15) is 5.56 Å². The van der Waals surface area contributed by atoms with Gasteiger partial charge >= 0.3 is 0 Å². The van der Waals surface area contributed by atoms with E-state index in [1.165, 1.54) is 5.39 Å². The first-order valence-electron chi connectivity index (χ1n) is 7.20. The van der Waals surface area contributed by atoms with Crippen LogP contribution in [0.25, 0.3) is 10.8 Å². The molecular formula is C19H14ClNO2. The Morgan fingerprint density at radius 1 is 0.870 bits per heavy atom. The largest absolute Gasteiger partial charge is 0.490 e. The van der Waals surface area contributed by atoms with Crippen LogP contribution in [0.3, 0.4) is 0 Å². The van der Waals surface area contributed by atoms with E-state index in [-0.39, 0.29) is 0 Å². The second-order valence-corrected chi connectivity index (χ2v) is 5.39. The van der Waals surface area contributed by atoms with E-state index in [1.807, 2.05) is 36.4 Å². The van der Waals surface area contributed by atoms with Crippen LogP contribution in [-0.4, -0.2) is 13.2 Å². The van der Waals surface area contributed by atoms with E-state index in [2.05, 4.69) is 12.1 Å². The lowest BCUT2D eigenvalue weighted by Gasteiger charge is -2.10. The summed E-state index contributed by atoms with van der Waals surface area (Å²) in [7, 11) is 0. The first-order valence-corrected chi connectivity index (χ1v) is 7.58. The standard InChI is InChI=1S/C19H14ClNO2/c20-17-6-8-19(16(11-17)13-21)23-10-9-22-18-7-5-14-3-1-2-4-15(14)12-18/h1-8,11-12H,9-10H2. The van der Waals surface area contributed by atoms with Gasteiger partial charge < -0.3 is 9.47 Å². The van der Waals surface area contributed by atoms with Gasteiger partial charge in [0.25, 0.3) is 0 Å². The summed E-state index contributed by atoms with van der Waals surface area (Å²) in [5.74, 6) is 1.31. The Morgan fingerprint density at radius 2 is 1.65 bits per heavy atom. The van der Waals surface area contributed by atoms with E-state index >= 15 is 0 Å². The highest BCUT2D eigenvalue weighted by Crippen LogP contribution is 2.23. The van der Waals surface area contributed by atoms with Gasteiger partial charge in [-0.05, 0) is 41.1 Å². The Bertz CT molecular complexity index is 871. The summed E-state index contributed by atoms with van der Waals surface area (Å²) >= 11 is 5.85. The Labute approximate surface area is 139 Å². The van der Waals surface area contributed by atoms with Crippen LogP contribution in [0.5, 0.6) is 11.5 Å². The van der Waals surface area contributed by atoms with Crippen molar-refractivity contribution in [3.63, 3.8) is 0 Å². The van der Waals surface area contributed by atoms with Gasteiger partial charge in [-0.15, -0.1) is 0 Å². The van der Waals surface area contributed by atoms with Crippen molar-refractivity contribution in [2.24, 2.45) is 0 Å². The molecule has 3 nitrogen and oxygen atoms in total. The zero-order valence-electron chi connectivity index (χ0n) is 12.3. The number of nitriles is 1. The smallest absolute Gasteiger partial charge is 0.137 e. The van der Waals surface area contributed by atoms with Gasteiger partial charge in [0.15, 0.2) is 0 Å². The number of hydrogen-bond donors (Lipinski definition) is 0. The SMILES string of the molecule is N#Cc1cc(Cl)ccc1OCCOc1ccc2ccccc2c1. The number of benzene rings is 3. The van der Waals surface area contributed by atoms with Gasteiger partial charge in [-0.25, -0.2) is 0 Å². The maximum absolute atomic E-state index is 9.06. The third-order valence-electron chi connectivity index (χ3n) is 3.39. The van der Waals surface area contributed by atoms with Crippen molar-refractivity contribution in [1.82, 2.24) is 0 Å². The van der Waals surface area contributed by atoms with Gasteiger partial charge in [0, 0.05) is 5.02 Å². The zero-order valence-corrected chi connectivity index (χ0v) is 13.1. The number of ether oxygens (including phenoxy) is 2. The van der Waals surface area contributed by atoms with Crippen molar-refractivity contribution < 1.29 is 9.47 Å². The molecule has 114 valence electrons. The lowest BCUT2D eigenvalue weighted by atomic mass is 10.1. The van der Waals surface area contributed by atoms with Crippen LogP contribution in [0, 0.1) is 11.3 Å². The molecule has 3 rings (SSSR count). The predicted octanol–water partition coefficient (Wildman–Crippen LogP) is 4.82. The lowest BCUT2D eigenvalue weighted by molar-refractivity contribution is 0.217. The fourth-order valence-electron chi connectivity index (χ4n) is 2.28. The molecule has 0 amide bonds. The van der Waals surface area contributed by atoms with E-state index in [4.69, 9.17) is 26.3 Å². The third-order valence-corrected chi connectivity index (χ3v) is 3.63. The average Bonchev–Trinajstić information content (AvgIpc) is 2.59. The number of hydrogen-bond acceptors (Lipinski definition) is 3. The van der Waals surface area contributed by atoms with Crippen LogP contribution in [0.15, 0.2) is 60.7 Å². The van der Waals surface area contributed by atoms with Crippen molar-refractivity contribution in [1.29, 1.82) is 5.26 Å². The second-order valence-electron chi connectivity index (χ2n) is 4.96. The highest BCUT2D eigenvalue weighted by atomic mass is 35.5. The molecule has 0 aliphatic carbocycles. The molecule has 0 N–H and O–H groups in total. The van der Waals surface area contributed by atoms with Crippen LogP contribution in [0.4, 0.5) is 0 Å². The fraction of sp³-hybridized carbons (Fsp3) is 0.105. The van der Waals surface area contributed by atoms with Crippen LogP contribution in [0.2, 0.25) is 5.02 Å². The highest BCUT2D eigenvalue weighted by molar-refractivity contribution is 6.30. The minimum absolute atomic E-state index is 0.350. The predicted molar refractivity (Wildman–Crippen MR) is 91.1 cm³/mol. The van der Waals surface area contributed by atoms with Gasteiger partial charge in [-0.2, -0.15) is 5.26 Å². The van der Waals surface area contributed by atoms with E-state index in [1.54, 1.807) is 18.2 Å².